The predicted octanol–water partition coefficient (Wildman–Crippen LogP) is 1.04. The van der Waals surface area contributed by atoms with Gasteiger partial charge in [0, 0.05) is 24.3 Å². The zero-order valence-corrected chi connectivity index (χ0v) is 13.5. The third-order valence-electron chi connectivity index (χ3n) is 3.86. The highest BCUT2D eigenvalue weighted by Gasteiger charge is 2.30. The van der Waals surface area contributed by atoms with Crippen LogP contribution in [-0.4, -0.2) is 46.1 Å². The zero-order chi connectivity index (χ0) is 15.6. The van der Waals surface area contributed by atoms with Crippen LogP contribution in [0.5, 0.6) is 5.75 Å². The lowest BCUT2D eigenvalue weighted by Crippen LogP contribution is -2.41. The van der Waals surface area contributed by atoms with Gasteiger partial charge in [0.05, 0.1) is 7.11 Å². The van der Waals surface area contributed by atoms with E-state index in [1.807, 2.05) is 14.0 Å². The summed E-state index contributed by atoms with van der Waals surface area (Å²) >= 11 is 0. The Labute approximate surface area is 126 Å². The van der Waals surface area contributed by atoms with Gasteiger partial charge in [0.2, 0.25) is 10.0 Å². The minimum Gasteiger partial charge on any atom is -0.495 e. The molecule has 1 saturated carbocycles. The third-order valence-corrected chi connectivity index (χ3v) is 5.31. The molecule has 0 radical (unpaired) electrons. The second kappa shape index (κ2) is 6.21. The molecular formula is C14H23N3O3S. The summed E-state index contributed by atoms with van der Waals surface area (Å²) in [5.41, 5.74) is 6.06. The van der Waals surface area contributed by atoms with Crippen LogP contribution in [0.1, 0.15) is 19.8 Å². The van der Waals surface area contributed by atoms with Crippen molar-refractivity contribution in [2.24, 2.45) is 0 Å². The Bertz CT molecular complexity index is 599. The largest absolute Gasteiger partial charge is 0.495 e. The summed E-state index contributed by atoms with van der Waals surface area (Å²) in [6.45, 7) is 2.37. The molecule has 0 aromatic heterocycles. The maximum absolute atomic E-state index is 12.4. The fourth-order valence-corrected chi connectivity index (χ4v) is 3.52. The topological polar surface area (TPSA) is 84.7 Å². The molecule has 0 aliphatic heterocycles. The van der Waals surface area contributed by atoms with Crippen molar-refractivity contribution in [1.29, 1.82) is 0 Å². The summed E-state index contributed by atoms with van der Waals surface area (Å²) in [4.78, 5) is 2.28. The molecule has 0 saturated heterocycles. The lowest BCUT2D eigenvalue weighted by molar-refractivity contribution is 0.248. The van der Waals surface area contributed by atoms with E-state index in [1.165, 1.54) is 26.0 Å². The first-order valence-corrected chi connectivity index (χ1v) is 8.48. The summed E-state index contributed by atoms with van der Waals surface area (Å²) in [6, 6.07) is 5.31. The van der Waals surface area contributed by atoms with Crippen LogP contribution < -0.4 is 15.2 Å². The van der Waals surface area contributed by atoms with E-state index in [2.05, 4.69) is 9.62 Å². The van der Waals surface area contributed by atoms with E-state index in [4.69, 9.17) is 10.5 Å². The normalized spacial score (nSPS) is 17.0. The number of ether oxygens (including phenoxy) is 1. The van der Waals surface area contributed by atoms with Crippen LogP contribution in [0.4, 0.5) is 5.69 Å². The van der Waals surface area contributed by atoms with Gasteiger partial charge in [0.25, 0.3) is 0 Å². The van der Waals surface area contributed by atoms with Gasteiger partial charge in [-0.05, 0) is 45.0 Å². The monoisotopic (exact) mass is 313 g/mol. The minimum atomic E-state index is -3.64. The molecule has 1 atom stereocenters. The van der Waals surface area contributed by atoms with Crippen LogP contribution in [0.15, 0.2) is 23.1 Å². The standard InChI is InChI=1S/C14H23N3O3S/c1-10(17(2)12-5-6-12)9-16-21(18,19)14-8-11(15)4-7-13(14)20-3/h4,7-8,10,12,16H,5-6,9,15H2,1-3H3. The van der Waals surface area contributed by atoms with Crippen molar-refractivity contribution < 1.29 is 13.2 Å². The van der Waals surface area contributed by atoms with Crippen LogP contribution in [0.3, 0.4) is 0 Å². The highest BCUT2D eigenvalue weighted by Crippen LogP contribution is 2.28. The summed E-state index contributed by atoms with van der Waals surface area (Å²) in [6.07, 6.45) is 2.38. The Morgan fingerprint density at radius 2 is 2.14 bits per heavy atom. The molecule has 3 N–H and O–H groups in total. The average Bonchev–Trinajstić information content (AvgIpc) is 3.28. The first-order valence-electron chi connectivity index (χ1n) is 7.00. The van der Waals surface area contributed by atoms with Crippen LogP contribution in [0.2, 0.25) is 0 Å². The number of sulfonamides is 1. The Kier molecular flexibility index (Phi) is 4.75. The van der Waals surface area contributed by atoms with Crippen molar-refractivity contribution in [2.45, 2.75) is 36.7 Å². The van der Waals surface area contributed by atoms with Gasteiger partial charge in [-0.3, -0.25) is 4.90 Å². The number of benzene rings is 1. The first kappa shape index (κ1) is 16.1. The van der Waals surface area contributed by atoms with Crippen LogP contribution in [0.25, 0.3) is 0 Å². The van der Waals surface area contributed by atoms with E-state index in [0.29, 0.717) is 24.0 Å². The number of likely N-dealkylation sites (N-methyl/N-ethyl adjacent to an activating group) is 1. The molecule has 1 aliphatic carbocycles. The molecule has 1 aromatic rings. The number of methoxy groups -OCH3 is 1. The molecular weight excluding hydrogens is 290 g/mol. The summed E-state index contributed by atoms with van der Waals surface area (Å²) < 4.78 is 32.6. The molecule has 1 fully saturated rings. The van der Waals surface area contributed by atoms with Crippen LogP contribution in [0, 0.1) is 0 Å². The number of hydrogen-bond donors (Lipinski definition) is 2. The summed E-state index contributed by atoms with van der Waals surface area (Å²) in [5.74, 6) is 0.292. The molecule has 0 spiro atoms. The number of anilines is 1. The molecule has 1 aromatic carbocycles. The molecule has 118 valence electrons. The van der Waals surface area contributed by atoms with E-state index in [-0.39, 0.29) is 10.9 Å². The van der Waals surface area contributed by atoms with Crippen molar-refractivity contribution in [3.63, 3.8) is 0 Å². The predicted molar refractivity (Wildman–Crippen MR) is 82.8 cm³/mol. The molecule has 0 bridgehead atoms. The van der Waals surface area contributed by atoms with Gasteiger partial charge in [0.15, 0.2) is 0 Å². The Morgan fingerprint density at radius 3 is 2.71 bits per heavy atom. The van der Waals surface area contributed by atoms with Crippen LogP contribution in [-0.2, 0) is 10.0 Å². The molecule has 1 aliphatic rings. The van der Waals surface area contributed by atoms with E-state index in [9.17, 15) is 8.42 Å². The maximum Gasteiger partial charge on any atom is 0.244 e. The fraction of sp³-hybridized carbons (Fsp3) is 0.571. The number of hydrogen-bond acceptors (Lipinski definition) is 5. The van der Waals surface area contributed by atoms with Crippen molar-refractivity contribution in [2.75, 3.05) is 26.4 Å². The van der Waals surface area contributed by atoms with E-state index >= 15 is 0 Å². The maximum atomic E-state index is 12.4. The molecule has 7 heteroatoms. The Balaban J connectivity index is 2.09. The smallest absolute Gasteiger partial charge is 0.244 e. The number of rotatable bonds is 7. The lowest BCUT2D eigenvalue weighted by atomic mass is 10.3. The Morgan fingerprint density at radius 1 is 1.48 bits per heavy atom. The fourth-order valence-electron chi connectivity index (χ4n) is 2.20. The Hall–Kier alpha value is -1.31. The zero-order valence-electron chi connectivity index (χ0n) is 12.7. The lowest BCUT2D eigenvalue weighted by Gasteiger charge is -2.24. The first-order chi connectivity index (χ1) is 9.85. The summed E-state index contributed by atoms with van der Waals surface area (Å²) in [5, 5.41) is 0. The van der Waals surface area contributed by atoms with Gasteiger partial charge in [-0.25, -0.2) is 13.1 Å². The third kappa shape index (κ3) is 3.87. The van der Waals surface area contributed by atoms with Gasteiger partial charge in [-0.1, -0.05) is 0 Å². The summed E-state index contributed by atoms with van der Waals surface area (Å²) in [7, 11) is -0.177. The van der Waals surface area contributed by atoms with Gasteiger partial charge < -0.3 is 10.5 Å². The molecule has 2 rings (SSSR count). The SMILES string of the molecule is COc1ccc(N)cc1S(=O)(=O)NCC(C)N(C)C1CC1. The molecule has 1 unspecified atom stereocenters. The second-order valence-electron chi connectivity index (χ2n) is 5.51. The molecule has 0 amide bonds. The quantitative estimate of drug-likeness (QED) is 0.735. The van der Waals surface area contributed by atoms with E-state index < -0.39 is 10.0 Å². The number of nitrogen functional groups attached to an aromatic ring is 1. The van der Waals surface area contributed by atoms with Crippen molar-refractivity contribution in [1.82, 2.24) is 9.62 Å². The van der Waals surface area contributed by atoms with Gasteiger partial charge in [-0.2, -0.15) is 0 Å². The second-order valence-corrected chi connectivity index (χ2v) is 7.24. The van der Waals surface area contributed by atoms with E-state index in [0.717, 1.165) is 0 Å². The van der Waals surface area contributed by atoms with Gasteiger partial charge >= 0.3 is 0 Å². The average molecular weight is 313 g/mol. The number of nitrogens with zero attached hydrogens (tertiary/aromatic N) is 1. The van der Waals surface area contributed by atoms with E-state index in [1.54, 1.807) is 12.1 Å². The van der Waals surface area contributed by atoms with Crippen molar-refractivity contribution >= 4 is 15.7 Å². The van der Waals surface area contributed by atoms with Gasteiger partial charge in [-0.15, -0.1) is 0 Å². The number of nitrogens with two attached hydrogens (primary N) is 1. The van der Waals surface area contributed by atoms with Crippen LogP contribution >= 0.6 is 0 Å². The number of nitrogens with one attached hydrogen (secondary N) is 1. The molecule has 21 heavy (non-hydrogen) atoms. The molecule has 0 heterocycles. The minimum absolute atomic E-state index is 0.0753. The highest BCUT2D eigenvalue weighted by atomic mass is 32.2. The highest BCUT2D eigenvalue weighted by molar-refractivity contribution is 7.89. The van der Waals surface area contributed by atoms with Gasteiger partial charge in [0.1, 0.15) is 10.6 Å². The van der Waals surface area contributed by atoms with Crippen molar-refractivity contribution in [3.05, 3.63) is 18.2 Å². The molecule has 6 nitrogen and oxygen atoms in total. The van der Waals surface area contributed by atoms with Crippen molar-refractivity contribution in [3.8, 4) is 5.75 Å².